The summed E-state index contributed by atoms with van der Waals surface area (Å²) in [6, 6.07) is 7.75. The summed E-state index contributed by atoms with van der Waals surface area (Å²) in [6.45, 7) is 11.3. The molecule has 1 aromatic carbocycles. The molecule has 0 bridgehead atoms. The van der Waals surface area contributed by atoms with Gasteiger partial charge in [-0.15, -0.1) is 0 Å². The molecule has 19 heavy (non-hydrogen) atoms. The summed E-state index contributed by atoms with van der Waals surface area (Å²) in [6.07, 6.45) is 0.554. The highest BCUT2D eigenvalue weighted by atomic mass is 16.5. The minimum atomic E-state index is -0.395. The molecule has 0 saturated carbocycles. The van der Waals surface area contributed by atoms with Gasteiger partial charge in [-0.05, 0) is 51.1 Å². The predicted octanol–water partition coefficient (Wildman–Crippen LogP) is 3.24. The second kappa shape index (κ2) is 8.18. The monoisotopic (exact) mass is 265 g/mol. The Bertz CT molecular complexity index is 344. The van der Waals surface area contributed by atoms with Crippen molar-refractivity contribution in [3.63, 3.8) is 0 Å². The third kappa shape index (κ3) is 5.62. The van der Waals surface area contributed by atoms with Gasteiger partial charge in [0, 0.05) is 6.54 Å². The summed E-state index contributed by atoms with van der Waals surface area (Å²) in [5, 5.41) is 10.2. The van der Waals surface area contributed by atoms with Gasteiger partial charge >= 0.3 is 0 Å². The number of aliphatic hydroxyl groups is 1. The van der Waals surface area contributed by atoms with E-state index in [9.17, 15) is 5.11 Å². The van der Waals surface area contributed by atoms with Crippen molar-refractivity contribution in [2.24, 2.45) is 0 Å². The van der Waals surface area contributed by atoms with Crippen molar-refractivity contribution in [3.05, 3.63) is 29.8 Å². The first-order valence-electron chi connectivity index (χ1n) is 7.23. The van der Waals surface area contributed by atoms with Crippen LogP contribution in [0.2, 0.25) is 0 Å². The van der Waals surface area contributed by atoms with E-state index in [1.165, 1.54) is 0 Å². The maximum absolute atomic E-state index is 10.2. The number of ether oxygens (including phenoxy) is 1. The second-order valence-electron chi connectivity index (χ2n) is 5.07. The predicted molar refractivity (Wildman–Crippen MR) is 79.6 cm³/mol. The molecule has 1 rings (SSSR count). The first-order valence-corrected chi connectivity index (χ1v) is 7.23. The van der Waals surface area contributed by atoms with Gasteiger partial charge < -0.3 is 14.7 Å². The van der Waals surface area contributed by atoms with E-state index < -0.39 is 6.10 Å². The number of hydrogen-bond donors (Lipinski definition) is 1. The van der Waals surface area contributed by atoms with Gasteiger partial charge in [0.15, 0.2) is 0 Å². The van der Waals surface area contributed by atoms with E-state index in [1.807, 2.05) is 38.1 Å². The van der Waals surface area contributed by atoms with Gasteiger partial charge in [0.2, 0.25) is 0 Å². The van der Waals surface area contributed by atoms with E-state index in [4.69, 9.17) is 4.74 Å². The molecule has 108 valence electrons. The molecular weight excluding hydrogens is 238 g/mol. The lowest BCUT2D eigenvalue weighted by Gasteiger charge is -2.20. The molecule has 0 aliphatic heterocycles. The van der Waals surface area contributed by atoms with Gasteiger partial charge in [0.1, 0.15) is 5.75 Å². The van der Waals surface area contributed by atoms with E-state index in [0.29, 0.717) is 0 Å². The van der Waals surface area contributed by atoms with Crippen molar-refractivity contribution < 1.29 is 9.84 Å². The van der Waals surface area contributed by atoms with Crippen molar-refractivity contribution in [2.75, 3.05) is 19.6 Å². The topological polar surface area (TPSA) is 32.7 Å². The first kappa shape index (κ1) is 16.0. The maximum Gasteiger partial charge on any atom is 0.119 e. The van der Waals surface area contributed by atoms with Crippen molar-refractivity contribution >= 4 is 0 Å². The molecule has 0 radical (unpaired) electrons. The normalized spacial score (nSPS) is 13.0. The summed E-state index contributed by atoms with van der Waals surface area (Å²) >= 11 is 0. The molecule has 1 aromatic rings. The molecule has 0 amide bonds. The van der Waals surface area contributed by atoms with Crippen LogP contribution in [0.15, 0.2) is 24.3 Å². The van der Waals surface area contributed by atoms with Crippen LogP contribution >= 0.6 is 0 Å². The summed E-state index contributed by atoms with van der Waals surface area (Å²) in [7, 11) is 0. The summed E-state index contributed by atoms with van der Waals surface area (Å²) in [5.74, 6) is 0.856. The van der Waals surface area contributed by atoms with Crippen LogP contribution in [0.3, 0.4) is 0 Å². The largest absolute Gasteiger partial charge is 0.491 e. The average molecular weight is 265 g/mol. The van der Waals surface area contributed by atoms with E-state index in [-0.39, 0.29) is 6.10 Å². The zero-order valence-electron chi connectivity index (χ0n) is 12.6. The van der Waals surface area contributed by atoms with Gasteiger partial charge in [-0.2, -0.15) is 0 Å². The fourth-order valence-electron chi connectivity index (χ4n) is 2.05. The van der Waals surface area contributed by atoms with Gasteiger partial charge in [0.05, 0.1) is 12.2 Å². The minimum absolute atomic E-state index is 0.179. The van der Waals surface area contributed by atoms with E-state index in [1.54, 1.807) is 0 Å². The highest BCUT2D eigenvalue weighted by Crippen LogP contribution is 2.21. The first-order chi connectivity index (χ1) is 9.06. The van der Waals surface area contributed by atoms with Crippen LogP contribution in [0.5, 0.6) is 5.75 Å². The van der Waals surface area contributed by atoms with E-state index in [0.717, 1.165) is 37.4 Å². The Hall–Kier alpha value is -1.06. The Balaban J connectivity index is 2.50. The highest BCUT2D eigenvalue weighted by Gasteiger charge is 2.09. The Labute approximate surface area is 117 Å². The van der Waals surface area contributed by atoms with Crippen molar-refractivity contribution in [3.8, 4) is 5.75 Å². The fraction of sp³-hybridized carbons (Fsp3) is 0.625. The summed E-state index contributed by atoms with van der Waals surface area (Å²) < 4.78 is 5.59. The lowest BCUT2D eigenvalue weighted by molar-refractivity contribution is 0.145. The standard InChI is InChI=1S/C16H27NO2/c1-5-17(6-2)12-11-16(18)14-7-9-15(10-8-14)19-13(3)4/h7-10,13,16,18H,5-6,11-12H2,1-4H3. The Morgan fingerprint density at radius 3 is 2.16 bits per heavy atom. The molecule has 0 saturated heterocycles. The molecule has 0 aliphatic carbocycles. The molecule has 0 heterocycles. The molecule has 0 aliphatic rings. The summed E-state index contributed by atoms with van der Waals surface area (Å²) in [5.41, 5.74) is 0.961. The lowest BCUT2D eigenvalue weighted by Crippen LogP contribution is -2.25. The van der Waals surface area contributed by atoms with Gasteiger partial charge in [-0.25, -0.2) is 0 Å². The van der Waals surface area contributed by atoms with Crippen LogP contribution in [0.1, 0.15) is 45.8 Å². The van der Waals surface area contributed by atoms with Crippen LogP contribution in [0.4, 0.5) is 0 Å². The van der Waals surface area contributed by atoms with Crippen LogP contribution in [0, 0.1) is 0 Å². The van der Waals surface area contributed by atoms with Gasteiger partial charge in [0.25, 0.3) is 0 Å². The molecule has 1 unspecified atom stereocenters. The second-order valence-corrected chi connectivity index (χ2v) is 5.07. The lowest BCUT2D eigenvalue weighted by atomic mass is 10.1. The minimum Gasteiger partial charge on any atom is -0.491 e. The molecular formula is C16H27NO2. The number of rotatable bonds is 8. The van der Waals surface area contributed by atoms with Crippen molar-refractivity contribution in [2.45, 2.75) is 46.3 Å². The Morgan fingerprint density at radius 2 is 1.68 bits per heavy atom. The molecule has 1 atom stereocenters. The SMILES string of the molecule is CCN(CC)CCC(O)c1ccc(OC(C)C)cc1. The van der Waals surface area contributed by atoms with Gasteiger partial charge in [-0.1, -0.05) is 26.0 Å². The van der Waals surface area contributed by atoms with Crippen molar-refractivity contribution in [1.29, 1.82) is 0 Å². The quantitative estimate of drug-likeness (QED) is 0.783. The highest BCUT2D eigenvalue weighted by molar-refractivity contribution is 5.28. The zero-order chi connectivity index (χ0) is 14.3. The number of benzene rings is 1. The Morgan fingerprint density at radius 1 is 1.11 bits per heavy atom. The molecule has 0 fully saturated rings. The number of nitrogens with zero attached hydrogens (tertiary/aromatic N) is 1. The molecule has 0 aromatic heterocycles. The third-order valence-electron chi connectivity index (χ3n) is 3.25. The maximum atomic E-state index is 10.2. The fourth-order valence-corrected chi connectivity index (χ4v) is 2.05. The van der Waals surface area contributed by atoms with Crippen LogP contribution in [0.25, 0.3) is 0 Å². The molecule has 1 N–H and O–H groups in total. The molecule has 0 spiro atoms. The Kier molecular flexibility index (Phi) is 6.89. The molecule has 3 heteroatoms. The van der Waals surface area contributed by atoms with Crippen LogP contribution in [-0.2, 0) is 0 Å². The smallest absolute Gasteiger partial charge is 0.119 e. The zero-order valence-corrected chi connectivity index (χ0v) is 12.6. The van der Waals surface area contributed by atoms with E-state index >= 15 is 0 Å². The van der Waals surface area contributed by atoms with Gasteiger partial charge in [-0.3, -0.25) is 0 Å². The number of aliphatic hydroxyl groups excluding tert-OH is 1. The van der Waals surface area contributed by atoms with Crippen LogP contribution in [-0.4, -0.2) is 35.7 Å². The number of hydrogen-bond acceptors (Lipinski definition) is 3. The average Bonchev–Trinajstić information content (AvgIpc) is 2.39. The van der Waals surface area contributed by atoms with Crippen molar-refractivity contribution in [1.82, 2.24) is 4.90 Å². The molecule has 3 nitrogen and oxygen atoms in total. The third-order valence-corrected chi connectivity index (χ3v) is 3.25. The summed E-state index contributed by atoms with van der Waals surface area (Å²) in [4.78, 5) is 2.32. The van der Waals surface area contributed by atoms with Crippen LogP contribution < -0.4 is 4.74 Å². The van der Waals surface area contributed by atoms with E-state index in [2.05, 4.69) is 18.7 Å².